The molecule has 0 amide bonds. The Morgan fingerprint density at radius 1 is 0.679 bits per heavy atom. The van der Waals surface area contributed by atoms with Crippen molar-refractivity contribution in [3.8, 4) is 0 Å². The molecule has 0 saturated carbocycles. The van der Waals surface area contributed by atoms with Crippen LogP contribution in [-0.2, 0) is 36.0 Å². The summed E-state index contributed by atoms with van der Waals surface area (Å²) in [6.07, 6.45) is 20.1. The number of hydrogen-bond acceptors (Lipinski definition) is 2. The lowest BCUT2D eigenvalue weighted by Crippen LogP contribution is -3.00. The molecular weight excluding hydrogens is 399 g/mol. The van der Waals surface area contributed by atoms with Crippen LogP contribution in [0.3, 0.4) is 0 Å². The zero-order valence-electron chi connectivity index (χ0n) is 17.3. The smallest absolute Gasteiger partial charge is 0.245 e. The number of aryl methyl sites for hydroxylation is 2. The molecule has 0 fully saturated rings. The molecule has 0 atom stereocenters. The Bertz CT molecular complexity index is 552. The van der Waals surface area contributed by atoms with Gasteiger partial charge in [0.1, 0.15) is 24.8 Å². The highest BCUT2D eigenvalue weighted by atomic mass is 35.5. The minimum atomic E-state index is 0. The Morgan fingerprint density at radius 3 is 1.50 bits per heavy atom. The molecule has 2 rings (SSSR count). The van der Waals surface area contributed by atoms with Crippen LogP contribution in [-0.4, -0.2) is 22.3 Å². The summed E-state index contributed by atoms with van der Waals surface area (Å²) in [5, 5.41) is 0. The summed E-state index contributed by atoms with van der Waals surface area (Å²) < 4.78 is 19.9. The second kappa shape index (κ2) is 16.8. The van der Waals surface area contributed by atoms with Crippen LogP contribution < -0.4 is 33.9 Å². The van der Waals surface area contributed by atoms with Gasteiger partial charge in [-0.2, -0.15) is 0 Å². The van der Waals surface area contributed by atoms with Crippen molar-refractivity contribution in [1.29, 1.82) is 0 Å². The summed E-state index contributed by atoms with van der Waals surface area (Å²) in [5.74, 6) is 0. The van der Waals surface area contributed by atoms with Gasteiger partial charge in [-0.05, 0) is 25.7 Å². The van der Waals surface area contributed by atoms with Crippen LogP contribution in [0.5, 0.6) is 0 Å². The van der Waals surface area contributed by atoms with E-state index in [2.05, 4.69) is 69.6 Å². The third-order valence-electron chi connectivity index (χ3n) is 4.38. The van der Waals surface area contributed by atoms with Gasteiger partial charge in [0.15, 0.2) is 13.5 Å². The van der Waals surface area contributed by atoms with Gasteiger partial charge in [-0.1, -0.05) is 26.7 Å². The van der Waals surface area contributed by atoms with Gasteiger partial charge in [0.2, 0.25) is 12.7 Å². The Kier molecular flexibility index (Phi) is 16.2. The predicted molar refractivity (Wildman–Crippen MR) is 100 cm³/mol. The van der Waals surface area contributed by atoms with Crippen molar-refractivity contribution in [2.75, 3.05) is 13.2 Å². The third-order valence-corrected chi connectivity index (χ3v) is 4.38. The van der Waals surface area contributed by atoms with Crippen LogP contribution >= 0.6 is 0 Å². The summed E-state index contributed by atoms with van der Waals surface area (Å²) >= 11 is 0. The van der Waals surface area contributed by atoms with Gasteiger partial charge in [0.05, 0.1) is 26.3 Å². The lowest BCUT2D eigenvalue weighted by atomic mass is 10.2. The van der Waals surface area contributed by atoms with Gasteiger partial charge < -0.3 is 34.3 Å². The highest BCUT2D eigenvalue weighted by Crippen LogP contribution is 1.98. The highest BCUT2D eigenvalue weighted by Gasteiger charge is 2.05. The molecule has 0 aromatic carbocycles. The second-order valence-electron chi connectivity index (χ2n) is 6.82. The summed E-state index contributed by atoms with van der Waals surface area (Å²) in [5.41, 5.74) is 0. The van der Waals surface area contributed by atoms with E-state index in [1.807, 2.05) is 0 Å². The summed E-state index contributed by atoms with van der Waals surface area (Å²) in [7, 11) is 0. The second-order valence-corrected chi connectivity index (χ2v) is 6.82. The van der Waals surface area contributed by atoms with Crippen LogP contribution in [0.15, 0.2) is 37.4 Å². The van der Waals surface area contributed by atoms with E-state index in [9.17, 15) is 0 Å². The maximum absolute atomic E-state index is 5.68. The fraction of sp³-hybridized carbons (Fsp3) is 0.700. The third kappa shape index (κ3) is 11.1. The molecule has 0 radical (unpaired) electrons. The largest absolute Gasteiger partial charge is 1.00 e. The average Bonchev–Trinajstić information content (AvgIpc) is 3.28. The molecule has 2 heterocycles. The molecule has 0 saturated heterocycles. The van der Waals surface area contributed by atoms with Crippen molar-refractivity contribution in [3.05, 3.63) is 37.4 Å². The summed E-state index contributed by atoms with van der Waals surface area (Å²) in [4.78, 5) is 0. The van der Waals surface area contributed by atoms with Crippen LogP contribution in [0.4, 0.5) is 0 Å². The average molecular weight is 435 g/mol. The van der Waals surface area contributed by atoms with Gasteiger partial charge >= 0.3 is 0 Å². The first kappa shape index (κ1) is 26.9. The summed E-state index contributed by atoms with van der Waals surface area (Å²) in [6.45, 7) is 8.98. The molecule has 0 N–H and O–H groups in total. The molecule has 2 aromatic heterocycles. The van der Waals surface area contributed by atoms with Crippen molar-refractivity contribution in [2.24, 2.45) is 0 Å². The molecule has 0 bridgehead atoms. The lowest BCUT2D eigenvalue weighted by molar-refractivity contribution is -0.737. The Hall–Kier alpha value is -1.08. The minimum absolute atomic E-state index is 0. The van der Waals surface area contributed by atoms with Crippen molar-refractivity contribution in [2.45, 2.75) is 78.9 Å². The van der Waals surface area contributed by atoms with E-state index >= 15 is 0 Å². The lowest BCUT2D eigenvalue weighted by Gasteiger charge is -2.02. The van der Waals surface area contributed by atoms with E-state index in [1.54, 1.807) is 0 Å². The molecule has 8 heteroatoms. The topological polar surface area (TPSA) is 36.1 Å². The van der Waals surface area contributed by atoms with E-state index in [1.165, 1.54) is 38.5 Å². The molecule has 6 nitrogen and oxygen atoms in total. The number of halogens is 2. The van der Waals surface area contributed by atoms with E-state index in [0.717, 1.165) is 13.1 Å². The van der Waals surface area contributed by atoms with Gasteiger partial charge in [0, 0.05) is 0 Å². The van der Waals surface area contributed by atoms with E-state index in [-0.39, 0.29) is 24.8 Å². The maximum Gasteiger partial charge on any atom is 0.245 e. The summed E-state index contributed by atoms with van der Waals surface area (Å²) in [6, 6.07) is 0. The first-order valence-corrected chi connectivity index (χ1v) is 10.1. The number of hydrogen-bond donors (Lipinski definition) is 0. The van der Waals surface area contributed by atoms with Crippen LogP contribution in [0.1, 0.15) is 52.4 Å². The fourth-order valence-corrected chi connectivity index (χ4v) is 2.84. The molecule has 2 aromatic rings. The van der Waals surface area contributed by atoms with E-state index in [4.69, 9.17) is 9.47 Å². The quantitative estimate of drug-likeness (QED) is 0.220. The van der Waals surface area contributed by atoms with Gasteiger partial charge in [-0.25, -0.2) is 18.3 Å². The van der Waals surface area contributed by atoms with Crippen LogP contribution in [0, 0.1) is 0 Å². The fourth-order valence-electron chi connectivity index (χ4n) is 2.84. The van der Waals surface area contributed by atoms with Crippen molar-refractivity contribution in [3.63, 3.8) is 0 Å². The molecule has 0 spiro atoms. The molecule has 162 valence electrons. The number of unbranched alkanes of at least 4 members (excludes halogenated alkanes) is 4. The zero-order chi connectivity index (χ0) is 18.5. The molecule has 0 aliphatic rings. The monoisotopic (exact) mass is 434 g/mol. The SMILES string of the molecule is CCCCCn1cc[n+](COCCOC[n+]2ccn(CCCCC)c2)c1.[Cl-].[Cl-]. The Balaban J connectivity index is 0.00000364. The number of aromatic nitrogens is 4. The van der Waals surface area contributed by atoms with Gasteiger partial charge in [-0.3, -0.25) is 0 Å². The van der Waals surface area contributed by atoms with E-state index < -0.39 is 0 Å². The highest BCUT2D eigenvalue weighted by molar-refractivity contribution is 4.66. The molecule has 0 aliphatic carbocycles. The van der Waals surface area contributed by atoms with Gasteiger partial charge in [0.25, 0.3) is 0 Å². The number of nitrogens with zero attached hydrogens (tertiary/aromatic N) is 4. The van der Waals surface area contributed by atoms with Crippen LogP contribution in [0.2, 0.25) is 0 Å². The van der Waals surface area contributed by atoms with Crippen molar-refractivity contribution >= 4 is 0 Å². The normalized spacial score (nSPS) is 10.5. The van der Waals surface area contributed by atoms with Gasteiger partial charge in [-0.15, -0.1) is 0 Å². The number of rotatable bonds is 15. The number of ether oxygens (including phenoxy) is 2. The minimum Gasteiger partial charge on any atom is -1.00 e. The first-order chi connectivity index (χ1) is 12.8. The molecule has 28 heavy (non-hydrogen) atoms. The molecule has 0 unspecified atom stereocenters. The maximum atomic E-state index is 5.68. The molecular formula is C20H36Cl2N4O2. The Morgan fingerprint density at radius 2 is 1.11 bits per heavy atom. The van der Waals surface area contributed by atoms with E-state index in [0.29, 0.717) is 26.7 Å². The standard InChI is InChI=1S/C20H36N4O2.2ClH/c1-3-5-7-9-21-11-13-23(17-21)19-25-15-16-26-20-24-14-12-22(18-24)10-8-6-4-2;;/h11-14,17-18H,3-10,15-16,19-20H2,1-2H3;2*1H/q+2;;/p-2. The molecule has 0 aliphatic heterocycles. The van der Waals surface area contributed by atoms with Crippen LogP contribution in [0.25, 0.3) is 0 Å². The zero-order valence-corrected chi connectivity index (χ0v) is 18.8. The van der Waals surface area contributed by atoms with Crippen molar-refractivity contribution < 1.29 is 43.4 Å². The predicted octanol–water partition coefficient (Wildman–Crippen LogP) is -3.10. The number of imidazole rings is 2. The first-order valence-electron chi connectivity index (χ1n) is 10.1. The van der Waals surface area contributed by atoms with Crippen molar-refractivity contribution in [1.82, 2.24) is 9.13 Å². The Labute approximate surface area is 182 Å².